The van der Waals surface area contributed by atoms with E-state index in [9.17, 15) is 19.5 Å². The van der Waals surface area contributed by atoms with Gasteiger partial charge in [-0.3, -0.25) is 14.5 Å². The molecule has 1 fully saturated rings. The Balaban J connectivity index is 1.88. The Morgan fingerprint density at radius 3 is 2.56 bits per heavy atom. The fourth-order valence-corrected chi connectivity index (χ4v) is 5.33. The van der Waals surface area contributed by atoms with Gasteiger partial charge in [-0.2, -0.15) is 0 Å². The highest BCUT2D eigenvalue weighted by molar-refractivity contribution is 7.17. The van der Waals surface area contributed by atoms with E-state index in [0.717, 1.165) is 16.9 Å². The summed E-state index contributed by atoms with van der Waals surface area (Å²) in [6.07, 6.45) is 1.45. The largest absolute Gasteiger partial charge is 0.507 e. The highest BCUT2D eigenvalue weighted by atomic mass is 32.1. The summed E-state index contributed by atoms with van der Waals surface area (Å²) in [5.74, 6) is -1.83. The third kappa shape index (κ3) is 5.49. The smallest absolute Gasteiger partial charge is 0.350 e. The lowest BCUT2D eigenvalue weighted by Crippen LogP contribution is -2.29. The van der Waals surface area contributed by atoms with E-state index in [2.05, 4.69) is 25.4 Å². The summed E-state index contributed by atoms with van der Waals surface area (Å²) in [7, 11) is 0. The van der Waals surface area contributed by atoms with Gasteiger partial charge in [0, 0.05) is 5.56 Å². The fourth-order valence-electron chi connectivity index (χ4n) is 4.34. The summed E-state index contributed by atoms with van der Waals surface area (Å²) in [4.78, 5) is 45.4. The lowest BCUT2D eigenvalue weighted by atomic mass is 9.93. The van der Waals surface area contributed by atoms with Crippen molar-refractivity contribution in [1.82, 2.24) is 4.98 Å². The molecule has 0 radical (unpaired) electrons. The molecule has 8 nitrogen and oxygen atoms in total. The molecule has 1 aliphatic heterocycles. The number of esters is 1. The molecule has 1 unspecified atom stereocenters. The maximum Gasteiger partial charge on any atom is 0.350 e. The zero-order valence-electron chi connectivity index (χ0n) is 22.3. The van der Waals surface area contributed by atoms with Gasteiger partial charge in [0.15, 0.2) is 5.13 Å². The van der Waals surface area contributed by atoms with E-state index < -0.39 is 23.7 Å². The van der Waals surface area contributed by atoms with Gasteiger partial charge in [0.1, 0.15) is 23.0 Å². The predicted molar refractivity (Wildman–Crippen MR) is 150 cm³/mol. The molecule has 0 bridgehead atoms. The molecule has 0 aliphatic carbocycles. The van der Waals surface area contributed by atoms with Crippen LogP contribution in [0.2, 0.25) is 0 Å². The minimum absolute atomic E-state index is 0.0268. The van der Waals surface area contributed by atoms with Gasteiger partial charge < -0.3 is 14.6 Å². The molecular weight excluding hydrogens is 516 g/mol. The van der Waals surface area contributed by atoms with Crippen molar-refractivity contribution in [2.24, 2.45) is 0 Å². The fraction of sp³-hybridized carbons (Fsp3) is 0.267. The van der Waals surface area contributed by atoms with Crippen LogP contribution in [0.5, 0.6) is 5.75 Å². The van der Waals surface area contributed by atoms with Crippen molar-refractivity contribution in [3.05, 3.63) is 94.0 Å². The van der Waals surface area contributed by atoms with Crippen LogP contribution in [0.3, 0.4) is 0 Å². The van der Waals surface area contributed by atoms with Crippen molar-refractivity contribution in [2.45, 2.75) is 39.7 Å². The number of aliphatic hydroxyl groups excluding tert-OH is 1. The number of nitrogens with zero attached hydrogens (tertiary/aromatic N) is 2. The van der Waals surface area contributed by atoms with Gasteiger partial charge in [-0.1, -0.05) is 74.2 Å². The number of thiazole rings is 1. The first kappa shape index (κ1) is 27.8. The second kappa shape index (κ2) is 11.7. The van der Waals surface area contributed by atoms with Crippen LogP contribution in [0.1, 0.15) is 64.8 Å². The zero-order chi connectivity index (χ0) is 28.3. The molecule has 1 N–H and O–H groups in total. The summed E-state index contributed by atoms with van der Waals surface area (Å²) in [6.45, 7) is 11.6. The number of hydrogen-bond acceptors (Lipinski definition) is 8. The van der Waals surface area contributed by atoms with E-state index in [-0.39, 0.29) is 33.9 Å². The Hall–Kier alpha value is -4.24. The van der Waals surface area contributed by atoms with Crippen LogP contribution in [-0.2, 0) is 14.3 Å². The lowest BCUT2D eigenvalue weighted by molar-refractivity contribution is -0.132. The molecule has 3 aromatic rings. The normalized spacial score (nSPS) is 16.5. The van der Waals surface area contributed by atoms with Gasteiger partial charge in [0.05, 0.1) is 23.9 Å². The highest BCUT2D eigenvalue weighted by Crippen LogP contribution is 2.44. The highest BCUT2D eigenvalue weighted by Gasteiger charge is 2.48. The maximum absolute atomic E-state index is 13.5. The van der Waals surface area contributed by atoms with Crippen molar-refractivity contribution < 1.29 is 29.0 Å². The molecule has 2 heterocycles. The lowest BCUT2D eigenvalue weighted by Gasteiger charge is -2.23. The number of hydrogen-bond donors (Lipinski definition) is 1. The monoisotopic (exact) mass is 546 g/mol. The topological polar surface area (TPSA) is 106 Å². The first-order valence-electron chi connectivity index (χ1n) is 12.6. The van der Waals surface area contributed by atoms with Crippen molar-refractivity contribution in [1.29, 1.82) is 0 Å². The van der Waals surface area contributed by atoms with Gasteiger partial charge >= 0.3 is 11.9 Å². The quantitative estimate of drug-likeness (QED) is 0.116. The average Bonchev–Trinajstić information content (AvgIpc) is 3.43. The Kier molecular flexibility index (Phi) is 8.30. The summed E-state index contributed by atoms with van der Waals surface area (Å²) in [5, 5.41) is 11.6. The molecule has 1 saturated heterocycles. The Labute approximate surface area is 231 Å². The van der Waals surface area contributed by atoms with Crippen LogP contribution in [-0.4, -0.2) is 41.0 Å². The summed E-state index contributed by atoms with van der Waals surface area (Å²) in [6, 6.07) is 13.3. The zero-order valence-corrected chi connectivity index (χ0v) is 23.1. The van der Waals surface area contributed by atoms with Crippen molar-refractivity contribution in [3.8, 4) is 5.75 Å². The number of carbonyl (C=O) groups excluding carboxylic acids is 3. The molecule has 1 aliphatic rings. The van der Waals surface area contributed by atoms with Crippen LogP contribution < -0.4 is 9.64 Å². The minimum atomic E-state index is -0.968. The standard InChI is InChI=1S/C30H30N2O6S/c1-6-15-38-29(36)27-18(5)31-30(39-27)32-24(20-13-11-19(12-14-20)17(3)4)23(26(34)28(32)35)25(33)21-9-8-10-22(16-21)37-7-2/h6,8-14,16-17,24,33H,1,7,15H2,2-5H3. The van der Waals surface area contributed by atoms with Crippen molar-refractivity contribution in [2.75, 3.05) is 18.1 Å². The average molecular weight is 547 g/mol. The molecular formula is C30H30N2O6S. The van der Waals surface area contributed by atoms with E-state index >= 15 is 0 Å². The van der Waals surface area contributed by atoms with Gasteiger partial charge in [-0.15, -0.1) is 0 Å². The van der Waals surface area contributed by atoms with Gasteiger partial charge in [-0.05, 0) is 43.0 Å². The first-order chi connectivity index (χ1) is 18.7. The molecule has 1 amide bonds. The Morgan fingerprint density at radius 2 is 1.92 bits per heavy atom. The Morgan fingerprint density at radius 1 is 1.21 bits per heavy atom. The SMILES string of the molecule is C=CCOC(=O)c1sc(N2C(=O)C(=O)C(=C(O)c3cccc(OCC)c3)C2c2ccc(C(C)C)cc2)nc1C. The summed E-state index contributed by atoms with van der Waals surface area (Å²) in [5.41, 5.74) is 2.33. The van der Waals surface area contributed by atoms with Crippen LogP contribution in [0.25, 0.3) is 5.76 Å². The minimum Gasteiger partial charge on any atom is -0.507 e. The number of rotatable bonds is 9. The van der Waals surface area contributed by atoms with Crippen LogP contribution in [0.15, 0.2) is 66.8 Å². The molecule has 2 aromatic carbocycles. The number of benzene rings is 2. The number of carbonyl (C=O) groups is 3. The number of Topliss-reactive ketones (excluding diaryl/α,β-unsaturated/α-hetero) is 1. The van der Waals surface area contributed by atoms with Crippen LogP contribution >= 0.6 is 11.3 Å². The summed E-state index contributed by atoms with van der Waals surface area (Å²) >= 11 is 0.955. The van der Waals surface area contributed by atoms with E-state index in [4.69, 9.17) is 9.47 Å². The second-order valence-corrected chi connectivity index (χ2v) is 10.2. The van der Waals surface area contributed by atoms with E-state index in [0.29, 0.717) is 29.2 Å². The number of aliphatic hydroxyl groups is 1. The van der Waals surface area contributed by atoms with Gasteiger partial charge in [0.2, 0.25) is 0 Å². The van der Waals surface area contributed by atoms with E-state index in [1.807, 2.05) is 31.2 Å². The molecule has 0 spiro atoms. The molecule has 202 valence electrons. The number of ether oxygens (including phenoxy) is 2. The number of aryl methyl sites for hydroxylation is 1. The summed E-state index contributed by atoms with van der Waals surface area (Å²) < 4.78 is 10.7. The molecule has 39 heavy (non-hydrogen) atoms. The predicted octanol–water partition coefficient (Wildman–Crippen LogP) is 5.94. The van der Waals surface area contributed by atoms with E-state index in [1.165, 1.54) is 11.0 Å². The maximum atomic E-state index is 13.5. The van der Waals surface area contributed by atoms with Crippen molar-refractivity contribution in [3.63, 3.8) is 0 Å². The molecule has 1 aromatic heterocycles. The van der Waals surface area contributed by atoms with Crippen molar-refractivity contribution >= 4 is 39.9 Å². The molecule has 1 atom stereocenters. The Bertz CT molecular complexity index is 1450. The molecule has 0 saturated carbocycles. The number of amides is 1. The molecule has 9 heteroatoms. The first-order valence-corrected chi connectivity index (χ1v) is 13.4. The third-order valence-corrected chi connectivity index (χ3v) is 7.43. The molecule has 4 rings (SSSR count). The second-order valence-electron chi connectivity index (χ2n) is 9.25. The van der Waals surface area contributed by atoms with Crippen LogP contribution in [0, 0.1) is 6.92 Å². The number of ketones is 1. The van der Waals surface area contributed by atoms with Gasteiger partial charge in [0.25, 0.3) is 5.78 Å². The number of anilines is 1. The van der Waals surface area contributed by atoms with Gasteiger partial charge in [-0.25, -0.2) is 9.78 Å². The third-order valence-electron chi connectivity index (χ3n) is 6.29. The number of aromatic nitrogens is 1. The van der Waals surface area contributed by atoms with Crippen LogP contribution in [0.4, 0.5) is 5.13 Å². The van der Waals surface area contributed by atoms with E-state index in [1.54, 1.807) is 31.2 Å².